The predicted octanol–water partition coefficient (Wildman–Crippen LogP) is 1.91. The number of piperidine rings is 1. The highest BCUT2D eigenvalue weighted by Crippen LogP contribution is 2.19. The quantitative estimate of drug-likeness (QED) is 0.840. The van der Waals surface area contributed by atoms with E-state index in [1.54, 1.807) is 12.1 Å². The normalized spacial score (nSPS) is 17.9. The van der Waals surface area contributed by atoms with Crippen LogP contribution in [0.25, 0.3) is 0 Å². The van der Waals surface area contributed by atoms with Crippen molar-refractivity contribution in [1.29, 1.82) is 0 Å². The molecule has 0 unspecified atom stereocenters. The fraction of sp³-hybridized carbons (Fsp3) is 0.571. The van der Waals surface area contributed by atoms with E-state index in [0.717, 1.165) is 32.7 Å². The number of nitrogens with two attached hydrogens (primary N) is 1. The van der Waals surface area contributed by atoms with E-state index in [4.69, 9.17) is 5.73 Å². The zero-order valence-corrected chi connectivity index (χ0v) is 10.7. The van der Waals surface area contributed by atoms with Gasteiger partial charge < -0.3 is 16.0 Å². The van der Waals surface area contributed by atoms with Crippen molar-refractivity contribution < 1.29 is 4.39 Å². The topological polar surface area (TPSA) is 41.3 Å². The molecule has 0 aromatic heterocycles. The lowest BCUT2D eigenvalue weighted by Gasteiger charge is -2.31. The van der Waals surface area contributed by atoms with Gasteiger partial charge in [0.05, 0.1) is 5.69 Å². The van der Waals surface area contributed by atoms with Crippen LogP contribution in [0.1, 0.15) is 12.8 Å². The van der Waals surface area contributed by atoms with Crippen molar-refractivity contribution in [2.45, 2.75) is 12.8 Å². The maximum Gasteiger partial charge on any atom is 0.146 e. The summed E-state index contributed by atoms with van der Waals surface area (Å²) in [6.07, 6.45) is 2.34. The van der Waals surface area contributed by atoms with Gasteiger partial charge in [-0.1, -0.05) is 12.1 Å². The number of para-hydroxylation sites is 1. The number of likely N-dealkylation sites (tertiary alicyclic amines) is 1. The zero-order valence-electron chi connectivity index (χ0n) is 10.7. The minimum Gasteiger partial charge on any atom is -0.382 e. The summed E-state index contributed by atoms with van der Waals surface area (Å²) in [5, 5.41) is 3.21. The Labute approximate surface area is 108 Å². The van der Waals surface area contributed by atoms with Gasteiger partial charge >= 0.3 is 0 Å². The molecule has 1 aliphatic rings. The number of rotatable bonds is 5. The van der Waals surface area contributed by atoms with Crippen LogP contribution in [0.5, 0.6) is 0 Å². The van der Waals surface area contributed by atoms with Gasteiger partial charge in [-0.2, -0.15) is 0 Å². The van der Waals surface area contributed by atoms with Crippen LogP contribution in [0.15, 0.2) is 24.3 Å². The number of halogens is 1. The van der Waals surface area contributed by atoms with Crippen LogP contribution in [0.2, 0.25) is 0 Å². The molecule has 0 aliphatic carbocycles. The number of nitrogens with one attached hydrogen (secondary N) is 1. The standard InChI is InChI=1S/C14H22FN3/c15-13-3-1-2-4-14(13)17-11-12-5-8-18(9-6-12)10-7-16/h1-4,12,17H,5-11,16H2. The molecule has 3 N–H and O–H groups in total. The van der Waals surface area contributed by atoms with E-state index in [1.165, 1.54) is 18.9 Å². The van der Waals surface area contributed by atoms with Crippen LogP contribution >= 0.6 is 0 Å². The number of hydrogen-bond acceptors (Lipinski definition) is 3. The summed E-state index contributed by atoms with van der Waals surface area (Å²) in [6.45, 7) is 4.81. The number of hydrogen-bond donors (Lipinski definition) is 2. The predicted molar refractivity (Wildman–Crippen MR) is 73.1 cm³/mol. The lowest BCUT2D eigenvalue weighted by molar-refractivity contribution is 0.194. The van der Waals surface area contributed by atoms with E-state index >= 15 is 0 Å². The fourth-order valence-electron chi connectivity index (χ4n) is 2.46. The Bertz CT molecular complexity index is 362. The molecule has 1 aromatic rings. The van der Waals surface area contributed by atoms with Crippen molar-refractivity contribution in [3.63, 3.8) is 0 Å². The van der Waals surface area contributed by atoms with E-state index in [2.05, 4.69) is 10.2 Å². The lowest BCUT2D eigenvalue weighted by Crippen LogP contribution is -2.38. The Balaban J connectivity index is 1.74. The largest absolute Gasteiger partial charge is 0.382 e. The lowest BCUT2D eigenvalue weighted by atomic mass is 9.96. The van der Waals surface area contributed by atoms with E-state index in [-0.39, 0.29) is 5.82 Å². The summed E-state index contributed by atoms with van der Waals surface area (Å²) < 4.78 is 13.4. The van der Waals surface area contributed by atoms with E-state index in [9.17, 15) is 4.39 Å². The fourth-order valence-corrected chi connectivity index (χ4v) is 2.46. The first-order valence-corrected chi connectivity index (χ1v) is 6.70. The van der Waals surface area contributed by atoms with Gasteiger partial charge in [0.15, 0.2) is 0 Å². The van der Waals surface area contributed by atoms with Gasteiger partial charge in [0.2, 0.25) is 0 Å². The third kappa shape index (κ3) is 3.68. The van der Waals surface area contributed by atoms with Crippen LogP contribution in [0.3, 0.4) is 0 Å². The molecular weight excluding hydrogens is 229 g/mol. The van der Waals surface area contributed by atoms with Gasteiger partial charge in [-0.15, -0.1) is 0 Å². The zero-order chi connectivity index (χ0) is 12.8. The molecule has 2 rings (SSSR count). The minimum atomic E-state index is -0.168. The highest BCUT2D eigenvalue weighted by molar-refractivity contribution is 5.44. The minimum absolute atomic E-state index is 0.168. The monoisotopic (exact) mass is 251 g/mol. The van der Waals surface area contributed by atoms with Crippen molar-refractivity contribution >= 4 is 5.69 Å². The van der Waals surface area contributed by atoms with Crippen molar-refractivity contribution in [2.24, 2.45) is 11.7 Å². The molecule has 18 heavy (non-hydrogen) atoms. The maximum atomic E-state index is 13.4. The Morgan fingerprint density at radius 2 is 2.00 bits per heavy atom. The molecule has 4 heteroatoms. The second kappa shape index (κ2) is 6.71. The van der Waals surface area contributed by atoms with Crippen LogP contribution in [0.4, 0.5) is 10.1 Å². The summed E-state index contributed by atoms with van der Waals surface area (Å²) in [5.74, 6) is 0.469. The number of anilines is 1. The summed E-state index contributed by atoms with van der Waals surface area (Å²) in [6, 6.07) is 6.85. The summed E-state index contributed by atoms with van der Waals surface area (Å²) >= 11 is 0. The average Bonchev–Trinajstić information content (AvgIpc) is 2.40. The van der Waals surface area contributed by atoms with E-state index in [0.29, 0.717) is 11.6 Å². The van der Waals surface area contributed by atoms with Crippen LogP contribution in [-0.2, 0) is 0 Å². The first-order valence-electron chi connectivity index (χ1n) is 6.70. The van der Waals surface area contributed by atoms with Crippen molar-refractivity contribution in [1.82, 2.24) is 4.90 Å². The van der Waals surface area contributed by atoms with Gasteiger partial charge in [-0.25, -0.2) is 4.39 Å². The van der Waals surface area contributed by atoms with Gasteiger partial charge in [0, 0.05) is 19.6 Å². The highest BCUT2D eigenvalue weighted by Gasteiger charge is 2.18. The Morgan fingerprint density at radius 3 is 2.67 bits per heavy atom. The molecule has 100 valence electrons. The Morgan fingerprint density at radius 1 is 1.28 bits per heavy atom. The molecule has 0 amide bonds. The summed E-state index contributed by atoms with van der Waals surface area (Å²) in [4.78, 5) is 2.40. The number of nitrogens with zero attached hydrogens (tertiary/aromatic N) is 1. The van der Waals surface area contributed by atoms with Gasteiger partial charge in [0.1, 0.15) is 5.82 Å². The average molecular weight is 251 g/mol. The molecular formula is C14H22FN3. The SMILES string of the molecule is NCCN1CCC(CNc2ccccc2F)CC1. The Kier molecular flexibility index (Phi) is 4.96. The highest BCUT2D eigenvalue weighted by atomic mass is 19.1. The molecule has 1 fully saturated rings. The molecule has 1 saturated heterocycles. The molecule has 1 aromatic carbocycles. The van der Waals surface area contributed by atoms with Crippen LogP contribution < -0.4 is 11.1 Å². The smallest absolute Gasteiger partial charge is 0.146 e. The molecule has 0 atom stereocenters. The molecule has 0 saturated carbocycles. The summed E-state index contributed by atoms with van der Waals surface area (Å²) in [7, 11) is 0. The second-order valence-electron chi connectivity index (χ2n) is 4.93. The molecule has 1 heterocycles. The summed E-state index contributed by atoms with van der Waals surface area (Å²) in [5.41, 5.74) is 6.16. The van der Waals surface area contributed by atoms with Gasteiger partial charge in [-0.05, 0) is 44.0 Å². The third-order valence-electron chi connectivity index (χ3n) is 3.61. The first kappa shape index (κ1) is 13.3. The van der Waals surface area contributed by atoms with Gasteiger partial charge in [0.25, 0.3) is 0 Å². The van der Waals surface area contributed by atoms with Crippen LogP contribution in [-0.4, -0.2) is 37.6 Å². The Hall–Kier alpha value is -1.13. The first-order chi connectivity index (χ1) is 8.79. The molecule has 0 radical (unpaired) electrons. The molecule has 1 aliphatic heterocycles. The van der Waals surface area contributed by atoms with Gasteiger partial charge in [-0.3, -0.25) is 0 Å². The van der Waals surface area contributed by atoms with Crippen molar-refractivity contribution in [3.05, 3.63) is 30.1 Å². The maximum absolute atomic E-state index is 13.4. The van der Waals surface area contributed by atoms with E-state index < -0.39 is 0 Å². The third-order valence-corrected chi connectivity index (χ3v) is 3.61. The second-order valence-corrected chi connectivity index (χ2v) is 4.93. The number of benzene rings is 1. The van der Waals surface area contributed by atoms with Crippen molar-refractivity contribution in [3.8, 4) is 0 Å². The molecule has 0 bridgehead atoms. The van der Waals surface area contributed by atoms with Crippen molar-refractivity contribution in [2.75, 3.05) is 38.0 Å². The van der Waals surface area contributed by atoms with E-state index in [1.807, 2.05) is 6.07 Å². The molecule has 0 spiro atoms. The molecule has 3 nitrogen and oxygen atoms in total. The van der Waals surface area contributed by atoms with Crippen LogP contribution in [0, 0.1) is 11.7 Å².